The smallest absolute Gasteiger partial charge is 0.253 e. The summed E-state index contributed by atoms with van der Waals surface area (Å²) in [6.45, 7) is 3.76. The average molecular weight is 468 g/mol. The molecule has 2 atom stereocenters. The van der Waals surface area contributed by atoms with E-state index in [1.807, 2.05) is 19.9 Å². The van der Waals surface area contributed by atoms with Gasteiger partial charge in [-0.2, -0.15) is 4.98 Å². The van der Waals surface area contributed by atoms with Gasteiger partial charge in [0, 0.05) is 24.2 Å². The zero-order chi connectivity index (χ0) is 23.6. The van der Waals surface area contributed by atoms with Crippen LogP contribution in [-0.2, 0) is 0 Å². The number of allylic oxidation sites excluding steroid dienone is 2. The number of benzene rings is 1. The molecule has 0 spiro atoms. The molecule has 7 nitrogen and oxygen atoms in total. The molecule has 33 heavy (non-hydrogen) atoms. The molecule has 0 aliphatic heterocycles. The molecule has 2 aromatic heterocycles. The van der Waals surface area contributed by atoms with Gasteiger partial charge in [0.1, 0.15) is 11.6 Å². The maximum atomic E-state index is 13.3. The van der Waals surface area contributed by atoms with E-state index in [2.05, 4.69) is 20.6 Å². The molecule has 3 aromatic rings. The highest BCUT2D eigenvalue weighted by Gasteiger charge is 2.35. The molecule has 1 aromatic carbocycles. The minimum atomic E-state index is -0.857. The zero-order valence-electron chi connectivity index (χ0n) is 18.1. The number of amides is 1. The number of nitrogens with one attached hydrogen (secondary N) is 2. The number of carbonyl (C=O) groups is 1. The first kappa shape index (κ1) is 22.7. The van der Waals surface area contributed by atoms with Crippen LogP contribution in [0.15, 0.2) is 67.2 Å². The monoisotopic (exact) mass is 467 g/mol. The van der Waals surface area contributed by atoms with E-state index in [9.17, 15) is 14.3 Å². The number of aromatic nitrogens is 3. The van der Waals surface area contributed by atoms with Crippen LogP contribution < -0.4 is 10.6 Å². The molecule has 2 heterocycles. The van der Waals surface area contributed by atoms with Crippen molar-refractivity contribution in [3.05, 3.63) is 89.1 Å². The third kappa shape index (κ3) is 4.67. The zero-order valence-corrected chi connectivity index (χ0v) is 18.8. The maximum absolute atomic E-state index is 13.3. The second-order valence-electron chi connectivity index (χ2n) is 7.79. The van der Waals surface area contributed by atoms with Crippen LogP contribution in [0.4, 0.5) is 16.0 Å². The number of halogens is 2. The lowest BCUT2D eigenvalue weighted by Crippen LogP contribution is -2.55. The molecule has 9 heteroatoms. The quantitative estimate of drug-likeness (QED) is 0.497. The maximum Gasteiger partial charge on any atom is 0.253 e. The van der Waals surface area contributed by atoms with Gasteiger partial charge in [-0.15, -0.1) is 0 Å². The van der Waals surface area contributed by atoms with Gasteiger partial charge in [0.25, 0.3) is 5.91 Å². The van der Waals surface area contributed by atoms with Gasteiger partial charge >= 0.3 is 0 Å². The van der Waals surface area contributed by atoms with Crippen molar-refractivity contribution in [2.24, 2.45) is 0 Å². The Morgan fingerprint density at radius 3 is 2.88 bits per heavy atom. The van der Waals surface area contributed by atoms with E-state index < -0.39 is 17.5 Å². The molecule has 0 bridgehead atoms. The number of hydrogen-bond donors (Lipinski definition) is 3. The summed E-state index contributed by atoms with van der Waals surface area (Å²) in [6.07, 6.45) is 11.8. The van der Waals surface area contributed by atoms with E-state index in [-0.39, 0.29) is 16.9 Å². The summed E-state index contributed by atoms with van der Waals surface area (Å²) >= 11 is 6.08. The molecular formula is C24H23ClFN5O2. The lowest BCUT2D eigenvalue weighted by molar-refractivity contribution is 0.0789. The molecule has 0 saturated heterocycles. The first-order chi connectivity index (χ1) is 15.8. The molecule has 1 aliphatic rings. The molecular weight excluding hydrogens is 445 g/mol. The van der Waals surface area contributed by atoms with Crippen molar-refractivity contribution in [1.29, 1.82) is 0 Å². The number of hydrogen-bond acceptors (Lipinski definition) is 5. The first-order valence-corrected chi connectivity index (χ1v) is 10.8. The highest BCUT2D eigenvalue weighted by atomic mass is 35.5. The van der Waals surface area contributed by atoms with Crippen molar-refractivity contribution in [3.63, 3.8) is 0 Å². The molecule has 1 aliphatic carbocycles. The van der Waals surface area contributed by atoms with Crippen molar-refractivity contribution in [2.75, 3.05) is 5.32 Å². The van der Waals surface area contributed by atoms with Gasteiger partial charge in [-0.1, -0.05) is 42.8 Å². The van der Waals surface area contributed by atoms with Crippen LogP contribution in [0.5, 0.6) is 0 Å². The van der Waals surface area contributed by atoms with Gasteiger partial charge in [0.05, 0.1) is 27.9 Å². The van der Waals surface area contributed by atoms with Gasteiger partial charge in [-0.05, 0) is 37.6 Å². The number of anilines is 2. The van der Waals surface area contributed by atoms with Crippen LogP contribution in [0, 0.1) is 12.7 Å². The van der Waals surface area contributed by atoms with Crippen molar-refractivity contribution < 1.29 is 14.3 Å². The predicted molar refractivity (Wildman–Crippen MR) is 126 cm³/mol. The molecule has 0 radical (unpaired) electrons. The van der Waals surface area contributed by atoms with Crippen LogP contribution in [0.25, 0.3) is 5.82 Å². The second kappa shape index (κ2) is 9.17. The summed E-state index contributed by atoms with van der Waals surface area (Å²) in [5.74, 6) is 0.0931. The highest BCUT2D eigenvalue weighted by molar-refractivity contribution is 6.33. The lowest BCUT2D eigenvalue weighted by atomic mass is 9.85. The van der Waals surface area contributed by atoms with Crippen LogP contribution in [0.3, 0.4) is 0 Å². The van der Waals surface area contributed by atoms with Gasteiger partial charge in [-0.3, -0.25) is 4.79 Å². The van der Waals surface area contributed by atoms with Crippen molar-refractivity contribution in [2.45, 2.75) is 31.9 Å². The molecule has 170 valence electrons. The normalized spacial score (nSPS) is 19.5. The molecule has 0 saturated carbocycles. The number of rotatable bonds is 6. The molecule has 3 N–H and O–H groups in total. The van der Waals surface area contributed by atoms with Gasteiger partial charge in [0.15, 0.2) is 0 Å². The van der Waals surface area contributed by atoms with Crippen LogP contribution >= 0.6 is 11.6 Å². The van der Waals surface area contributed by atoms with Crippen molar-refractivity contribution in [1.82, 2.24) is 19.9 Å². The van der Waals surface area contributed by atoms with E-state index in [0.29, 0.717) is 23.5 Å². The standard InChI is InChI=1S/C24H23ClFN5O2/c1-3-24(10-5-4-6-20(24)32)30-22(33)16-9-11-31(14-16)21-15(2)13-27-23(29-21)28-19-8-7-17(26)12-18(19)25/h4-14,20,32H,3H2,1-2H3,(H,30,33)(H,27,28,29). The topological polar surface area (TPSA) is 92.1 Å². The summed E-state index contributed by atoms with van der Waals surface area (Å²) in [6, 6.07) is 5.68. The van der Waals surface area contributed by atoms with Gasteiger partial charge in [-0.25, -0.2) is 9.37 Å². The van der Waals surface area contributed by atoms with Crippen molar-refractivity contribution in [3.8, 4) is 5.82 Å². The van der Waals surface area contributed by atoms with E-state index in [1.165, 1.54) is 18.2 Å². The number of nitrogens with zero attached hydrogens (tertiary/aromatic N) is 3. The van der Waals surface area contributed by atoms with E-state index in [4.69, 9.17) is 11.6 Å². The summed E-state index contributed by atoms with van der Waals surface area (Å²) < 4.78 is 15.0. The summed E-state index contributed by atoms with van der Waals surface area (Å²) in [5, 5.41) is 16.6. The first-order valence-electron chi connectivity index (χ1n) is 10.4. The molecule has 4 rings (SSSR count). The summed E-state index contributed by atoms with van der Waals surface area (Å²) in [4.78, 5) is 21.7. The van der Waals surface area contributed by atoms with Crippen LogP contribution in [-0.4, -0.2) is 37.2 Å². The van der Waals surface area contributed by atoms with Crippen LogP contribution in [0.2, 0.25) is 5.02 Å². The highest BCUT2D eigenvalue weighted by Crippen LogP contribution is 2.26. The van der Waals surface area contributed by atoms with E-state index >= 15 is 0 Å². The van der Waals surface area contributed by atoms with Gasteiger partial charge < -0.3 is 20.3 Å². The fraction of sp³-hybridized carbons (Fsp3) is 0.208. The molecule has 2 unspecified atom stereocenters. The van der Waals surface area contributed by atoms with Gasteiger partial charge in [0.2, 0.25) is 5.95 Å². The summed E-state index contributed by atoms with van der Waals surface area (Å²) in [7, 11) is 0. The molecule has 0 fully saturated rings. The van der Waals surface area contributed by atoms with E-state index in [1.54, 1.807) is 47.5 Å². The fourth-order valence-corrected chi connectivity index (χ4v) is 3.82. The Labute approximate surface area is 195 Å². The second-order valence-corrected chi connectivity index (χ2v) is 8.20. The molecule has 1 amide bonds. The summed E-state index contributed by atoms with van der Waals surface area (Å²) in [5.41, 5.74) is 0.823. The Kier molecular flexibility index (Phi) is 6.31. The Bertz CT molecular complexity index is 1260. The number of carbonyl (C=O) groups excluding carboxylic acids is 1. The SMILES string of the molecule is CCC1(NC(=O)c2ccn(-c3nc(Nc4ccc(F)cc4Cl)ncc3C)c2)C=CC=CC1O. The Morgan fingerprint density at radius 1 is 1.33 bits per heavy atom. The minimum absolute atomic E-state index is 0.208. The van der Waals surface area contributed by atoms with Crippen molar-refractivity contribution >= 4 is 29.1 Å². The van der Waals surface area contributed by atoms with E-state index in [0.717, 1.165) is 5.56 Å². The van der Waals surface area contributed by atoms with Crippen LogP contribution in [0.1, 0.15) is 29.3 Å². The number of aliphatic hydroxyl groups is 1. The predicted octanol–water partition coefficient (Wildman–Crippen LogP) is 4.48. The Morgan fingerprint density at radius 2 is 2.15 bits per heavy atom. The third-order valence-corrected chi connectivity index (χ3v) is 5.89. The Hall–Kier alpha value is -3.49. The minimum Gasteiger partial charge on any atom is -0.386 e. The fourth-order valence-electron chi connectivity index (χ4n) is 3.61. The largest absolute Gasteiger partial charge is 0.386 e. The third-order valence-electron chi connectivity index (χ3n) is 5.58. The lowest BCUT2D eigenvalue weighted by Gasteiger charge is -2.35. The number of aryl methyl sites for hydroxylation is 1. The average Bonchev–Trinajstić information content (AvgIpc) is 3.29. The number of aliphatic hydroxyl groups excluding tert-OH is 1. The Balaban J connectivity index is 1.56.